The molecule has 0 aliphatic carbocycles. The maximum absolute atomic E-state index is 12.9. The predicted octanol–water partition coefficient (Wildman–Crippen LogP) is 4.26. The topological polar surface area (TPSA) is 69.6 Å². The van der Waals surface area contributed by atoms with Gasteiger partial charge in [-0.05, 0) is 43.4 Å². The third kappa shape index (κ3) is 3.69. The molecule has 0 unspecified atom stereocenters. The maximum atomic E-state index is 12.9. The van der Waals surface area contributed by atoms with Gasteiger partial charge in [0.15, 0.2) is 16.7 Å². The monoisotopic (exact) mass is 418 g/mol. The first-order valence-electron chi connectivity index (χ1n) is 9.41. The number of rotatable bonds is 7. The molecule has 0 N–H and O–H groups in total. The zero-order chi connectivity index (χ0) is 21.1. The number of hydrogen-bond acceptors (Lipinski definition) is 8. The van der Waals surface area contributed by atoms with Gasteiger partial charge in [-0.1, -0.05) is 18.7 Å². The lowest BCUT2D eigenvalue weighted by Gasteiger charge is -2.36. The zero-order valence-corrected chi connectivity index (χ0v) is 18.4. The number of aliphatic imine (C=N–C) groups is 1. The quantitative estimate of drug-likeness (QED) is 0.613. The molecule has 1 aromatic rings. The smallest absolute Gasteiger partial charge is 0.338 e. The molecule has 2 aliphatic heterocycles. The highest BCUT2D eigenvalue weighted by Crippen LogP contribution is 2.48. The second-order valence-corrected chi connectivity index (χ2v) is 7.26. The third-order valence-electron chi connectivity index (χ3n) is 4.86. The number of benzene rings is 1. The van der Waals surface area contributed by atoms with E-state index in [1.165, 1.54) is 0 Å². The molecule has 0 radical (unpaired) electrons. The fourth-order valence-corrected chi connectivity index (χ4v) is 4.59. The number of methoxy groups -OCH3 is 3. The van der Waals surface area contributed by atoms with Crippen LogP contribution in [0, 0.1) is 0 Å². The molecule has 2 aliphatic rings. The average molecular weight is 419 g/mol. The van der Waals surface area contributed by atoms with E-state index in [4.69, 9.17) is 18.9 Å². The second kappa shape index (κ2) is 8.82. The van der Waals surface area contributed by atoms with Crippen LogP contribution in [-0.2, 0) is 9.53 Å². The molecule has 8 heteroatoms. The Kier molecular flexibility index (Phi) is 6.42. The molecule has 0 amide bonds. The van der Waals surface area contributed by atoms with Crippen LogP contribution in [-0.4, -0.2) is 44.0 Å². The van der Waals surface area contributed by atoms with Crippen LogP contribution in [0.5, 0.6) is 17.2 Å². The molecule has 3 rings (SSSR count). The first-order valence-corrected chi connectivity index (χ1v) is 10.3. The van der Waals surface area contributed by atoms with Crippen molar-refractivity contribution in [3.63, 3.8) is 0 Å². The van der Waals surface area contributed by atoms with Crippen LogP contribution in [0.15, 0.2) is 39.5 Å². The van der Waals surface area contributed by atoms with Crippen molar-refractivity contribution in [2.75, 3.05) is 27.9 Å². The number of carbonyl (C=O) groups is 1. The number of hydrogen-bond donors (Lipinski definition) is 0. The van der Waals surface area contributed by atoms with Gasteiger partial charge in [0.2, 0.25) is 5.75 Å². The van der Waals surface area contributed by atoms with Crippen molar-refractivity contribution in [1.29, 1.82) is 0 Å². The molecule has 0 saturated carbocycles. The van der Waals surface area contributed by atoms with E-state index in [0.717, 1.165) is 22.8 Å². The zero-order valence-electron chi connectivity index (χ0n) is 17.6. The highest BCUT2D eigenvalue weighted by molar-refractivity contribution is 8.16. The fraction of sp³-hybridized carbons (Fsp3) is 0.429. The van der Waals surface area contributed by atoms with Crippen molar-refractivity contribution in [1.82, 2.24) is 4.90 Å². The summed E-state index contributed by atoms with van der Waals surface area (Å²) in [7, 11) is 4.71. The summed E-state index contributed by atoms with van der Waals surface area (Å²) in [4.78, 5) is 19.7. The number of ether oxygens (including phenoxy) is 4. The predicted molar refractivity (Wildman–Crippen MR) is 113 cm³/mol. The molecule has 156 valence electrons. The summed E-state index contributed by atoms with van der Waals surface area (Å²) in [6.07, 6.45) is 0.808. The number of carbonyl (C=O) groups excluding carboxylic acids is 1. The molecule has 2 heterocycles. The Morgan fingerprint density at radius 1 is 1.14 bits per heavy atom. The Bertz CT molecular complexity index is 881. The first-order chi connectivity index (χ1) is 14.0. The van der Waals surface area contributed by atoms with Gasteiger partial charge in [0.25, 0.3) is 0 Å². The fourth-order valence-electron chi connectivity index (χ4n) is 3.54. The van der Waals surface area contributed by atoms with Crippen LogP contribution in [0.4, 0.5) is 0 Å². The van der Waals surface area contributed by atoms with E-state index in [1.807, 2.05) is 19.1 Å². The van der Waals surface area contributed by atoms with Crippen molar-refractivity contribution in [2.45, 2.75) is 33.2 Å². The van der Waals surface area contributed by atoms with E-state index in [0.29, 0.717) is 35.1 Å². The van der Waals surface area contributed by atoms with E-state index < -0.39 is 6.04 Å². The Balaban J connectivity index is 2.23. The molecule has 29 heavy (non-hydrogen) atoms. The SMILES string of the molecule is CCOC(=O)C1=C(C)N=C2SC=C(CC)N2[C@H]1c1cc(OC)c(OC)c(OC)c1. The first kappa shape index (κ1) is 21.1. The standard InChI is InChI=1S/C21H26N2O5S/c1-7-14-11-29-21-22-12(3)17(20(24)28-8-2)18(23(14)21)13-9-15(25-4)19(27-6)16(10-13)26-5/h9-11,18H,7-8H2,1-6H3/t18-/m0/s1. The molecular formula is C21H26N2O5S. The maximum Gasteiger partial charge on any atom is 0.338 e. The average Bonchev–Trinajstić information content (AvgIpc) is 3.13. The number of amidine groups is 1. The summed E-state index contributed by atoms with van der Waals surface area (Å²) in [5.74, 6) is 1.18. The minimum atomic E-state index is -0.406. The number of thioether (sulfide) groups is 1. The van der Waals surface area contributed by atoms with Gasteiger partial charge in [-0.2, -0.15) is 0 Å². The summed E-state index contributed by atoms with van der Waals surface area (Å²) >= 11 is 1.56. The van der Waals surface area contributed by atoms with E-state index >= 15 is 0 Å². The highest BCUT2D eigenvalue weighted by atomic mass is 32.2. The lowest BCUT2D eigenvalue weighted by atomic mass is 9.93. The lowest BCUT2D eigenvalue weighted by molar-refractivity contribution is -0.139. The van der Waals surface area contributed by atoms with Gasteiger partial charge in [-0.3, -0.25) is 0 Å². The summed E-state index contributed by atoms with van der Waals surface area (Å²) in [6.45, 7) is 6.01. The van der Waals surface area contributed by atoms with Crippen LogP contribution in [0.2, 0.25) is 0 Å². The number of allylic oxidation sites excluding steroid dienone is 2. The van der Waals surface area contributed by atoms with Crippen LogP contribution < -0.4 is 14.2 Å². The van der Waals surface area contributed by atoms with Gasteiger partial charge in [-0.25, -0.2) is 9.79 Å². The molecular weight excluding hydrogens is 392 g/mol. The Labute approximate surface area is 175 Å². The summed E-state index contributed by atoms with van der Waals surface area (Å²) < 4.78 is 21.9. The molecule has 1 atom stereocenters. The summed E-state index contributed by atoms with van der Waals surface area (Å²) in [5.41, 5.74) is 3.07. The van der Waals surface area contributed by atoms with Crippen LogP contribution >= 0.6 is 11.8 Å². The van der Waals surface area contributed by atoms with Crippen molar-refractivity contribution in [3.8, 4) is 17.2 Å². The number of esters is 1. The van der Waals surface area contributed by atoms with Crippen LogP contribution in [0.1, 0.15) is 38.8 Å². The van der Waals surface area contributed by atoms with Gasteiger partial charge in [0, 0.05) is 5.70 Å². The van der Waals surface area contributed by atoms with Gasteiger partial charge in [0.05, 0.1) is 45.2 Å². The minimum Gasteiger partial charge on any atom is -0.493 e. The van der Waals surface area contributed by atoms with Crippen molar-refractivity contribution >= 4 is 22.9 Å². The Morgan fingerprint density at radius 3 is 2.31 bits per heavy atom. The van der Waals surface area contributed by atoms with E-state index in [1.54, 1.807) is 40.0 Å². The second-order valence-electron chi connectivity index (χ2n) is 6.43. The molecule has 0 spiro atoms. The third-order valence-corrected chi connectivity index (χ3v) is 5.75. The van der Waals surface area contributed by atoms with Crippen molar-refractivity contribution in [2.24, 2.45) is 4.99 Å². The van der Waals surface area contributed by atoms with Gasteiger partial charge in [0.1, 0.15) is 0 Å². The Hall–Kier alpha value is -2.61. The van der Waals surface area contributed by atoms with Gasteiger partial charge in [-0.15, -0.1) is 0 Å². The molecule has 1 aromatic carbocycles. The van der Waals surface area contributed by atoms with Gasteiger partial charge < -0.3 is 23.8 Å². The van der Waals surface area contributed by atoms with E-state index in [9.17, 15) is 4.79 Å². The number of nitrogens with zero attached hydrogens (tertiary/aromatic N) is 2. The van der Waals surface area contributed by atoms with E-state index in [2.05, 4.69) is 22.2 Å². The molecule has 7 nitrogen and oxygen atoms in total. The summed E-state index contributed by atoms with van der Waals surface area (Å²) in [5, 5.41) is 2.91. The molecule has 0 fully saturated rings. The number of fused-ring (bicyclic) bond motifs is 1. The largest absolute Gasteiger partial charge is 0.493 e. The summed E-state index contributed by atoms with van der Waals surface area (Å²) in [6, 6.07) is 3.34. The van der Waals surface area contributed by atoms with Crippen LogP contribution in [0.3, 0.4) is 0 Å². The van der Waals surface area contributed by atoms with Crippen molar-refractivity contribution < 1.29 is 23.7 Å². The van der Waals surface area contributed by atoms with E-state index in [-0.39, 0.29) is 5.97 Å². The van der Waals surface area contributed by atoms with Crippen LogP contribution in [0.25, 0.3) is 0 Å². The van der Waals surface area contributed by atoms with Gasteiger partial charge >= 0.3 is 5.97 Å². The molecule has 0 saturated heterocycles. The molecule has 0 bridgehead atoms. The molecule has 0 aromatic heterocycles. The Morgan fingerprint density at radius 2 is 1.79 bits per heavy atom. The highest BCUT2D eigenvalue weighted by Gasteiger charge is 2.41. The normalized spacial score (nSPS) is 18.1. The lowest BCUT2D eigenvalue weighted by Crippen LogP contribution is -2.36. The van der Waals surface area contributed by atoms with Crippen molar-refractivity contribution in [3.05, 3.63) is 40.1 Å². The minimum absolute atomic E-state index is 0.291.